The summed E-state index contributed by atoms with van der Waals surface area (Å²) < 4.78 is 47.3. The molecule has 0 fully saturated rings. The van der Waals surface area contributed by atoms with Crippen LogP contribution in [-0.4, -0.2) is 25.4 Å². The highest BCUT2D eigenvalue weighted by Gasteiger charge is 2.27. The lowest BCUT2D eigenvalue weighted by atomic mass is 10.1. The number of alkyl halides is 3. The second-order valence-electron chi connectivity index (χ2n) is 4.57. The van der Waals surface area contributed by atoms with Crippen LogP contribution in [0.3, 0.4) is 0 Å². The number of nitrogens with two attached hydrogens (primary N) is 1. The Morgan fingerprint density at radius 1 is 1.25 bits per heavy atom. The number of ether oxygens (including phenoxy) is 2. The van der Waals surface area contributed by atoms with Crippen LogP contribution in [0.1, 0.15) is 25.8 Å². The van der Waals surface area contributed by atoms with Crippen LogP contribution in [0.4, 0.5) is 13.2 Å². The van der Waals surface area contributed by atoms with Gasteiger partial charge < -0.3 is 15.2 Å². The molecule has 0 spiro atoms. The average molecular weight is 291 g/mol. The molecule has 2 N–H and O–H groups in total. The van der Waals surface area contributed by atoms with Crippen molar-refractivity contribution in [2.75, 3.05) is 13.2 Å². The average Bonchev–Trinajstić information content (AvgIpc) is 2.30. The lowest BCUT2D eigenvalue weighted by Gasteiger charge is -2.17. The predicted octanol–water partition coefficient (Wildman–Crippen LogP) is 3.31. The Kier molecular flexibility index (Phi) is 6.13. The van der Waals surface area contributed by atoms with Gasteiger partial charge >= 0.3 is 6.18 Å². The van der Waals surface area contributed by atoms with Crippen LogP contribution in [0.2, 0.25) is 0 Å². The van der Waals surface area contributed by atoms with Gasteiger partial charge in [-0.15, -0.1) is 0 Å². The van der Waals surface area contributed by atoms with Gasteiger partial charge in [-0.2, -0.15) is 13.2 Å². The Morgan fingerprint density at radius 3 is 2.50 bits per heavy atom. The van der Waals surface area contributed by atoms with Crippen LogP contribution in [0.15, 0.2) is 18.2 Å². The second-order valence-corrected chi connectivity index (χ2v) is 4.57. The van der Waals surface area contributed by atoms with Crippen molar-refractivity contribution in [1.82, 2.24) is 0 Å². The maximum atomic E-state index is 12.2. The van der Waals surface area contributed by atoms with E-state index in [4.69, 9.17) is 15.2 Å². The summed E-state index contributed by atoms with van der Waals surface area (Å²) in [4.78, 5) is 0. The summed E-state index contributed by atoms with van der Waals surface area (Å²) in [5.74, 6) is 0.809. The van der Waals surface area contributed by atoms with Crippen molar-refractivity contribution in [3.63, 3.8) is 0 Å². The molecule has 0 heterocycles. The van der Waals surface area contributed by atoms with E-state index in [-0.39, 0.29) is 6.04 Å². The normalized spacial score (nSPS) is 13.1. The first-order valence-electron chi connectivity index (χ1n) is 6.53. The van der Waals surface area contributed by atoms with Gasteiger partial charge in [0, 0.05) is 6.04 Å². The Labute approximate surface area is 116 Å². The molecular formula is C14H20F3NO2. The van der Waals surface area contributed by atoms with Crippen molar-refractivity contribution in [2.24, 2.45) is 5.73 Å². The minimum atomic E-state index is -4.23. The summed E-state index contributed by atoms with van der Waals surface area (Å²) in [5, 5.41) is 0. The summed E-state index contributed by atoms with van der Waals surface area (Å²) >= 11 is 0. The van der Waals surface area contributed by atoms with Crippen LogP contribution in [0.25, 0.3) is 0 Å². The van der Waals surface area contributed by atoms with Gasteiger partial charge in [-0.3, -0.25) is 0 Å². The topological polar surface area (TPSA) is 44.5 Å². The van der Waals surface area contributed by atoms with Crippen LogP contribution < -0.4 is 15.2 Å². The first kappa shape index (κ1) is 16.6. The number of rotatable bonds is 7. The highest BCUT2D eigenvalue weighted by molar-refractivity contribution is 5.47. The van der Waals surface area contributed by atoms with E-state index >= 15 is 0 Å². The number of para-hydroxylation sites is 1. The fourth-order valence-corrected chi connectivity index (χ4v) is 1.77. The fourth-order valence-electron chi connectivity index (χ4n) is 1.77. The monoisotopic (exact) mass is 291 g/mol. The minimum absolute atomic E-state index is 0.114. The SMILES string of the molecule is CCOc1cccc(CC(C)N)c1OCCC(F)(F)F. The van der Waals surface area contributed by atoms with E-state index in [1.807, 2.05) is 6.92 Å². The van der Waals surface area contributed by atoms with Gasteiger partial charge in [-0.25, -0.2) is 0 Å². The van der Waals surface area contributed by atoms with E-state index in [9.17, 15) is 13.2 Å². The third-order valence-electron chi connectivity index (χ3n) is 2.53. The number of hydrogen-bond acceptors (Lipinski definition) is 3. The first-order valence-corrected chi connectivity index (χ1v) is 6.53. The lowest BCUT2D eigenvalue weighted by Crippen LogP contribution is -2.19. The Balaban J connectivity index is 2.87. The van der Waals surface area contributed by atoms with E-state index in [0.29, 0.717) is 24.5 Å². The molecule has 1 aromatic rings. The molecule has 1 aromatic carbocycles. The van der Waals surface area contributed by atoms with Crippen LogP contribution in [0, 0.1) is 0 Å². The third-order valence-corrected chi connectivity index (χ3v) is 2.53. The van der Waals surface area contributed by atoms with Crippen LogP contribution >= 0.6 is 0 Å². The van der Waals surface area contributed by atoms with Crippen molar-refractivity contribution in [3.8, 4) is 11.5 Å². The molecule has 0 saturated carbocycles. The van der Waals surface area contributed by atoms with E-state index in [0.717, 1.165) is 5.56 Å². The van der Waals surface area contributed by atoms with E-state index in [1.54, 1.807) is 25.1 Å². The minimum Gasteiger partial charge on any atom is -0.490 e. The van der Waals surface area contributed by atoms with Gasteiger partial charge in [0.1, 0.15) is 0 Å². The van der Waals surface area contributed by atoms with Gasteiger partial charge in [0.05, 0.1) is 19.6 Å². The number of hydrogen-bond donors (Lipinski definition) is 1. The molecule has 0 radical (unpaired) electrons. The molecule has 6 heteroatoms. The largest absolute Gasteiger partial charge is 0.490 e. The van der Waals surface area contributed by atoms with E-state index < -0.39 is 19.2 Å². The second kappa shape index (κ2) is 7.38. The molecule has 0 saturated heterocycles. The summed E-state index contributed by atoms with van der Waals surface area (Å²) in [6, 6.07) is 5.13. The molecular weight excluding hydrogens is 271 g/mol. The third kappa shape index (κ3) is 5.69. The van der Waals surface area contributed by atoms with Gasteiger partial charge in [-0.1, -0.05) is 12.1 Å². The van der Waals surface area contributed by atoms with Crippen molar-refractivity contribution in [2.45, 2.75) is 38.9 Å². The van der Waals surface area contributed by atoms with Crippen molar-refractivity contribution < 1.29 is 22.6 Å². The fraction of sp³-hybridized carbons (Fsp3) is 0.571. The zero-order chi connectivity index (χ0) is 15.2. The molecule has 0 amide bonds. The van der Waals surface area contributed by atoms with Crippen molar-refractivity contribution in [3.05, 3.63) is 23.8 Å². The molecule has 0 aliphatic carbocycles. The summed E-state index contributed by atoms with van der Waals surface area (Å²) in [5.41, 5.74) is 6.50. The van der Waals surface area contributed by atoms with Gasteiger partial charge in [0.15, 0.2) is 11.5 Å². The zero-order valence-electron chi connectivity index (χ0n) is 11.7. The van der Waals surface area contributed by atoms with Gasteiger partial charge in [0.25, 0.3) is 0 Å². The number of benzene rings is 1. The van der Waals surface area contributed by atoms with Crippen LogP contribution in [0.5, 0.6) is 11.5 Å². The highest BCUT2D eigenvalue weighted by atomic mass is 19.4. The Morgan fingerprint density at radius 2 is 1.95 bits per heavy atom. The predicted molar refractivity (Wildman–Crippen MR) is 71.1 cm³/mol. The molecule has 114 valence electrons. The molecule has 1 unspecified atom stereocenters. The van der Waals surface area contributed by atoms with Crippen LogP contribution in [-0.2, 0) is 6.42 Å². The van der Waals surface area contributed by atoms with Crippen molar-refractivity contribution in [1.29, 1.82) is 0 Å². The Hall–Kier alpha value is -1.43. The smallest absolute Gasteiger partial charge is 0.392 e. The molecule has 0 aliphatic rings. The summed E-state index contributed by atoms with van der Waals surface area (Å²) in [7, 11) is 0. The molecule has 0 bridgehead atoms. The molecule has 0 aromatic heterocycles. The van der Waals surface area contributed by atoms with Gasteiger partial charge in [0.2, 0.25) is 0 Å². The van der Waals surface area contributed by atoms with E-state index in [1.165, 1.54) is 0 Å². The zero-order valence-corrected chi connectivity index (χ0v) is 11.7. The Bertz CT molecular complexity index is 419. The molecule has 1 atom stereocenters. The molecule has 3 nitrogen and oxygen atoms in total. The quantitative estimate of drug-likeness (QED) is 0.838. The van der Waals surface area contributed by atoms with Crippen molar-refractivity contribution >= 4 is 0 Å². The summed E-state index contributed by atoms with van der Waals surface area (Å²) in [6.07, 6.45) is -4.71. The first-order chi connectivity index (χ1) is 9.33. The summed E-state index contributed by atoms with van der Waals surface area (Å²) in [6.45, 7) is 3.61. The number of halogens is 3. The molecule has 0 aliphatic heterocycles. The molecule has 1 rings (SSSR count). The maximum absolute atomic E-state index is 12.2. The lowest BCUT2D eigenvalue weighted by molar-refractivity contribution is -0.139. The van der Waals surface area contributed by atoms with E-state index in [2.05, 4.69) is 0 Å². The maximum Gasteiger partial charge on any atom is 0.392 e. The standard InChI is InChI=1S/C14H20F3NO2/c1-3-19-12-6-4-5-11(9-10(2)18)13(12)20-8-7-14(15,16)17/h4-6,10H,3,7-9,18H2,1-2H3. The highest BCUT2D eigenvalue weighted by Crippen LogP contribution is 2.33. The molecule has 20 heavy (non-hydrogen) atoms. The van der Waals surface area contributed by atoms with Gasteiger partial charge in [-0.05, 0) is 31.9 Å².